The smallest absolute Gasteiger partial charge is 0.272 e. The number of imidazole rings is 1. The van der Waals surface area contributed by atoms with Crippen LogP contribution in [0.4, 0.5) is 4.39 Å². The molecule has 0 saturated carbocycles. The van der Waals surface area contributed by atoms with Crippen molar-refractivity contribution in [2.24, 2.45) is 7.05 Å². The van der Waals surface area contributed by atoms with Gasteiger partial charge in [0.05, 0.1) is 6.20 Å². The van der Waals surface area contributed by atoms with Gasteiger partial charge in [-0.3, -0.25) is 9.48 Å². The van der Waals surface area contributed by atoms with Crippen molar-refractivity contribution in [3.8, 4) is 11.1 Å². The van der Waals surface area contributed by atoms with Crippen LogP contribution in [0.1, 0.15) is 34.2 Å². The first-order valence-corrected chi connectivity index (χ1v) is 10.0. The highest BCUT2D eigenvalue weighted by Crippen LogP contribution is 2.23. The normalized spacial score (nSPS) is 16.1. The van der Waals surface area contributed by atoms with Gasteiger partial charge in [0.15, 0.2) is 11.3 Å². The predicted molar refractivity (Wildman–Crippen MR) is 112 cm³/mol. The fourth-order valence-corrected chi connectivity index (χ4v) is 3.86. The number of halogens is 1. The predicted octanol–water partition coefficient (Wildman–Crippen LogP) is 1.90. The van der Waals surface area contributed by atoms with Crippen LogP contribution in [0.5, 0.6) is 0 Å². The zero-order valence-corrected chi connectivity index (χ0v) is 16.9. The summed E-state index contributed by atoms with van der Waals surface area (Å²) in [6, 6.07) is 4.68. The SMILES string of the molecule is Cn1cc(-c2cc(F)cc(CNC(=O)c3ncnc4nc(C5CCNC5)[nH]c34)c2)cn1. The van der Waals surface area contributed by atoms with Crippen molar-refractivity contribution in [2.45, 2.75) is 18.9 Å². The summed E-state index contributed by atoms with van der Waals surface area (Å²) >= 11 is 0. The molecule has 31 heavy (non-hydrogen) atoms. The number of aromatic nitrogens is 6. The summed E-state index contributed by atoms with van der Waals surface area (Å²) < 4.78 is 15.8. The third-order valence-corrected chi connectivity index (χ3v) is 5.42. The standard InChI is InChI=1S/C21H21FN8O/c1-30-10-15(9-27-30)14-4-12(5-16(22)6-14)7-24-21(31)18-17-20(26-11-25-18)29-19(28-17)13-2-3-23-8-13/h4-6,9-11,13,23H,2-3,7-8H2,1H3,(H,24,31)(H,25,26,28,29). The summed E-state index contributed by atoms with van der Waals surface area (Å²) in [5.41, 5.74) is 3.34. The highest BCUT2D eigenvalue weighted by Gasteiger charge is 2.23. The summed E-state index contributed by atoms with van der Waals surface area (Å²) in [6.07, 6.45) is 5.79. The quantitative estimate of drug-likeness (QED) is 0.455. The summed E-state index contributed by atoms with van der Waals surface area (Å²) in [6.45, 7) is 1.94. The number of carbonyl (C=O) groups excluding carboxylic acids is 1. The number of rotatable bonds is 5. The van der Waals surface area contributed by atoms with E-state index in [1.807, 2.05) is 12.3 Å². The van der Waals surface area contributed by atoms with Crippen LogP contribution < -0.4 is 10.6 Å². The van der Waals surface area contributed by atoms with Crippen LogP contribution in [0.2, 0.25) is 0 Å². The van der Waals surface area contributed by atoms with E-state index in [2.05, 4.69) is 35.7 Å². The molecule has 10 heteroatoms. The molecule has 0 aliphatic carbocycles. The molecule has 5 rings (SSSR count). The summed E-state index contributed by atoms with van der Waals surface area (Å²) in [5, 5.41) is 10.2. The second kappa shape index (κ2) is 7.88. The van der Waals surface area contributed by atoms with Gasteiger partial charge in [0, 0.05) is 37.8 Å². The van der Waals surface area contributed by atoms with Gasteiger partial charge in [0.1, 0.15) is 23.5 Å². The number of benzene rings is 1. The second-order valence-electron chi connectivity index (χ2n) is 7.67. The Balaban J connectivity index is 1.36. The minimum atomic E-state index is -0.376. The number of fused-ring (bicyclic) bond motifs is 1. The molecule has 4 heterocycles. The highest BCUT2D eigenvalue weighted by molar-refractivity contribution is 6.02. The molecule has 1 saturated heterocycles. The van der Waals surface area contributed by atoms with Crippen molar-refractivity contribution < 1.29 is 9.18 Å². The monoisotopic (exact) mass is 420 g/mol. The summed E-state index contributed by atoms with van der Waals surface area (Å²) in [7, 11) is 1.80. The molecular formula is C21H21FN8O. The molecule has 1 aliphatic rings. The van der Waals surface area contributed by atoms with E-state index in [-0.39, 0.29) is 29.9 Å². The third kappa shape index (κ3) is 3.89. The maximum absolute atomic E-state index is 14.1. The number of nitrogens with one attached hydrogen (secondary N) is 3. The Bertz CT molecular complexity index is 1260. The molecule has 1 unspecified atom stereocenters. The lowest BCUT2D eigenvalue weighted by molar-refractivity contribution is 0.0947. The second-order valence-corrected chi connectivity index (χ2v) is 7.67. The maximum atomic E-state index is 14.1. The van der Waals surface area contributed by atoms with Gasteiger partial charge in [-0.05, 0) is 42.3 Å². The number of hydrogen-bond acceptors (Lipinski definition) is 6. The number of aromatic amines is 1. The van der Waals surface area contributed by atoms with Gasteiger partial charge >= 0.3 is 0 Å². The average Bonchev–Trinajstić information content (AvgIpc) is 3.51. The number of hydrogen-bond donors (Lipinski definition) is 3. The Morgan fingerprint density at radius 2 is 2.19 bits per heavy atom. The zero-order chi connectivity index (χ0) is 21.4. The van der Waals surface area contributed by atoms with Crippen LogP contribution in [0.3, 0.4) is 0 Å². The topological polar surface area (TPSA) is 113 Å². The van der Waals surface area contributed by atoms with Crippen LogP contribution in [0.25, 0.3) is 22.3 Å². The average molecular weight is 420 g/mol. The molecule has 0 bridgehead atoms. The molecule has 9 nitrogen and oxygen atoms in total. The first-order chi connectivity index (χ1) is 15.1. The lowest BCUT2D eigenvalue weighted by Crippen LogP contribution is -2.24. The first-order valence-electron chi connectivity index (χ1n) is 10.0. The fourth-order valence-electron chi connectivity index (χ4n) is 3.86. The molecule has 0 spiro atoms. The van der Waals surface area contributed by atoms with E-state index in [9.17, 15) is 9.18 Å². The lowest BCUT2D eigenvalue weighted by atomic mass is 10.1. The Labute approximate surface area is 177 Å². The maximum Gasteiger partial charge on any atom is 0.272 e. The Morgan fingerprint density at radius 3 is 2.97 bits per heavy atom. The lowest BCUT2D eigenvalue weighted by Gasteiger charge is -2.08. The van der Waals surface area contributed by atoms with Gasteiger partial charge < -0.3 is 15.6 Å². The number of H-pyrrole nitrogens is 1. The van der Waals surface area contributed by atoms with E-state index >= 15 is 0 Å². The van der Waals surface area contributed by atoms with E-state index in [0.717, 1.165) is 30.9 Å². The van der Waals surface area contributed by atoms with Gasteiger partial charge in [-0.2, -0.15) is 5.10 Å². The van der Waals surface area contributed by atoms with Crippen LogP contribution in [0, 0.1) is 5.82 Å². The van der Waals surface area contributed by atoms with Crippen molar-refractivity contribution in [3.05, 3.63) is 59.8 Å². The van der Waals surface area contributed by atoms with E-state index in [4.69, 9.17) is 0 Å². The molecular weight excluding hydrogens is 399 g/mol. The van der Waals surface area contributed by atoms with Crippen LogP contribution in [0.15, 0.2) is 36.9 Å². The molecule has 3 N–H and O–H groups in total. The minimum Gasteiger partial charge on any atom is -0.347 e. The summed E-state index contributed by atoms with van der Waals surface area (Å²) in [5.74, 6) is 0.321. The summed E-state index contributed by atoms with van der Waals surface area (Å²) in [4.78, 5) is 28.9. The molecule has 1 aromatic carbocycles. The van der Waals surface area contributed by atoms with Crippen molar-refractivity contribution in [3.63, 3.8) is 0 Å². The van der Waals surface area contributed by atoms with Crippen molar-refractivity contribution in [1.29, 1.82) is 0 Å². The first kappa shape index (κ1) is 19.3. The number of carbonyl (C=O) groups is 1. The number of nitrogens with zero attached hydrogens (tertiary/aromatic N) is 5. The molecule has 1 amide bonds. The molecule has 3 aromatic heterocycles. The van der Waals surface area contributed by atoms with Crippen molar-refractivity contribution >= 4 is 17.1 Å². The van der Waals surface area contributed by atoms with Gasteiger partial charge in [0.2, 0.25) is 0 Å². The van der Waals surface area contributed by atoms with Crippen LogP contribution >= 0.6 is 0 Å². The van der Waals surface area contributed by atoms with Gasteiger partial charge in [0.25, 0.3) is 5.91 Å². The fraction of sp³-hybridized carbons (Fsp3) is 0.286. The minimum absolute atomic E-state index is 0.156. The molecule has 0 radical (unpaired) electrons. The molecule has 1 fully saturated rings. The number of amides is 1. The largest absolute Gasteiger partial charge is 0.347 e. The number of aryl methyl sites for hydroxylation is 1. The van der Waals surface area contributed by atoms with Crippen LogP contribution in [-0.2, 0) is 13.6 Å². The van der Waals surface area contributed by atoms with Crippen molar-refractivity contribution in [2.75, 3.05) is 13.1 Å². The van der Waals surface area contributed by atoms with Crippen LogP contribution in [-0.4, -0.2) is 48.7 Å². The van der Waals surface area contributed by atoms with Gasteiger partial charge in [-0.15, -0.1) is 0 Å². The van der Waals surface area contributed by atoms with Gasteiger partial charge in [-0.25, -0.2) is 19.3 Å². The highest BCUT2D eigenvalue weighted by atomic mass is 19.1. The molecule has 1 aliphatic heterocycles. The molecule has 158 valence electrons. The zero-order valence-electron chi connectivity index (χ0n) is 16.9. The molecule has 1 atom stereocenters. The third-order valence-electron chi connectivity index (χ3n) is 5.42. The van der Waals surface area contributed by atoms with E-state index in [0.29, 0.717) is 22.3 Å². The van der Waals surface area contributed by atoms with E-state index < -0.39 is 0 Å². The Morgan fingerprint density at radius 1 is 1.29 bits per heavy atom. The van der Waals surface area contributed by atoms with Crippen molar-refractivity contribution in [1.82, 2.24) is 40.3 Å². The van der Waals surface area contributed by atoms with E-state index in [1.54, 1.807) is 17.9 Å². The Kier molecular flexibility index (Phi) is 4.91. The Hall–Kier alpha value is -3.66. The van der Waals surface area contributed by atoms with E-state index in [1.165, 1.54) is 18.5 Å². The molecule has 4 aromatic rings. The van der Waals surface area contributed by atoms with Gasteiger partial charge in [-0.1, -0.05) is 0 Å².